The molecule has 9 heteroatoms. The van der Waals surface area contributed by atoms with Crippen molar-refractivity contribution in [3.8, 4) is 11.3 Å². The zero-order chi connectivity index (χ0) is 20.4. The lowest BCUT2D eigenvalue weighted by Crippen LogP contribution is -2.53. The maximum absolute atomic E-state index is 12.8. The molecule has 0 spiro atoms. The number of nitrogens with zero attached hydrogens (tertiary/aromatic N) is 3. The van der Waals surface area contributed by atoms with Gasteiger partial charge in [0, 0.05) is 30.7 Å². The number of hydrogen-bond acceptors (Lipinski definition) is 6. The Morgan fingerprint density at radius 3 is 2.61 bits per heavy atom. The van der Waals surface area contributed by atoms with Crippen LogP contribution in [-0.2, 0) is 9.59 Å². The van der Waals surface area contributed by atoms with Crippen LogP contribution in [0, 0.1) is 0 Å². The topological polar surface area (TPSA) is 65.5 Å². The predicted octanol–water partition coefficient (Wildman–Crippen LogP) is 3.45. The third-order valence-corrected chi connectivity index (χ3v) is 5.94. The summed E-state index contributed by atoms with van der Waals surface area (Å²) in [6.07, 6.45) is 3.14. The lowest BCUT2D eigenvalue weighted by atomic mass is 10.1. The SMILES string of the molecule is C=CCN1C(=O)C(=Cc2sc(N(C)C)nc2-c2ccc(Br)cc2)C(=O)NC1=S. The number of anilines is 1. The first-order chi connectivity index (χ1) is 13.3. The molecule has 1 N–H and O–H groups in total. The van der Waals surface area contributed by atoms with E-state index in [0.717, 1.165) is 20.0 Å². The maximum atomic E-state index is 12.8. The molecular formula is C19H17BrN4O2S2. The number of rotatable bonds is 5. The molecule has 144 valence electrons. The number of carbonyl (C=O) groups excluding carboxylic acids is 2. The summed E-state index contributed by atoms with van der Waals surface area (Å²) in [4.78, 5) is 33.8. The Balaban J connectivity index is 2.10. The highest BCUT2D eigenvalue weighted by Gasteiger charge is 2.33. The van der Waals surface area contributed by atoms with E-state index in [1.165, 1.54) is 16.2 Å². The molecule has 0 unspecified atom stereocenters. The minimum absolute atomic E-state index is 0.0165. The zero-order valence-electron chi connectivity index (χ0n) is 15.2. The number of halogens is 1. The van der Waals surface area contributed by atoms with Crippen LogP contribution in [0.1, 0.15) is 4.88 Å². The standard InChI is InChI=1S/C19H17BrN4O2S2/c1-4-9-24-17(26)13(16(25)22-18(24)27)10-14-15(21-19(28-14)23(2)3)11-5-7-12(20)8-6-11/h4-8,10H,1,9H2,2-3H3,(H,22,25,27). The zero-order valence-corrected chi connectivity index (χ0v) is 18.4. The van der Waals surface area contributed by atoms with Gasteiger partial charge in [0.25, 0.3) is 11.8 Å². The number of hydrogen-bond donors (Lipinski definition) is 1. The van der Waals surface area contributed by atoms with Gasteiger partial charge in [-0.3, -0.25) is 19.8 Å². The largest absolute Gasteiger partial charge is 0.354 e. The van der Waals surface area contributed by atoms with Crippen LogP contribution in [0.5, 0.6) is 0 Å². The van der Waals surface area contributed by atoms with E-state index in [2.05, 4.69) is 32.8 Å². The summed E-state index contributed by atoms with van der Waals surface area (Å²) in [5, 5.41) is 3.41. The van der Waals surface area contributed by atoms with Crippen LogP contribution in [0.25, 0.3) is 17.3 Å². The molecule has 1 aliphatic rings. The second kappa shape index (κ2) is 8.34. The minimum Gasteiger partial charge on any atom is -0.354 e. The molecule has 1 aromatic carbocycles. The van der Waals surface area contributed by atoms with Gasteiger partial charge in [0.2, 0.25) is 0 Å². The number of carbonyl (C=O) groups is 2. The summed E-state index contributed by atoms with van der Waals surface area (Å²) in [6, 6.07) is 7.71. The minimum atomic E-state index is -0.517. The highest BCUT2D eigenvalue weighted by atomic mass is 79.9. The number of aromatic nitrogens is 1. The van der Waals surface area contributed by atoms with Crippen LogP contribution in [0.3, 0.4) is 0 Å². The second-order valence-electron chi connectivity index (χ2n) is 6.13. The quantitative estimate of drug-likeness (QED) is 0.309. The molecule has 6 nitrogen and oxygen atoms in total. The lowest BCUT2D eigenvalue weighted by molar-refractivity contribution is -0.128. The third-order valence-electron chi connectivity index (χ3n) is 3.92. The van der Waals surface area contributed by atoms with E-state index < -0.39 is 11.8 Å². The molecule has 0 radical (unpaired) electrons. The van der Waals surface area contributed by atoms with Crippen molar-refractivity contribution in [3.05, 3.63) is 51.8 Å². The molecule has 1 saturated heterocycles. The molecule has 0 atom stereocenters. The monoisotopic (exact) mass is 476 g/mol. The van der Waals surface area contributed by atoms with Crippen molar-refractivity contribution in [2.24, 2.45) is 0 Å². The molecule has 1 aromatic heterocycles. The molecule has 1 fully saturated rings. The predicted molar refractivity (Wildman–Crippen MR) is 120 cm³/mol. The van der Waals surface area contributed by atoms with Gasteiger partial charge in [-0.2, -0.15) is 0 Å². The normalized spacial score (nSPS) is 15.8. The summed E-state index contributed by atoms with van der Waals surface area (Å²) in [5.41, 5.74) is 1.61. The maximum Gasteiger partial charge on any atom is 0.265 e. The van der Waals surface area contributed by atoms with Crippen LogP contribution in [0.15, 0.2) is 47.0 Å². The molecule has 3 rings (SSSR count). The van der Waals surface area contributed by atoms with Gasteiger partial charge in [-0.1, -0.05) is 45.5 Å². The first kappa shape index (κ1) is 20.4. The van der Waals surface area contributed by atoms with Gasteiger partial charge in [0.05, 0.1) is 10.6 Å². The van der Waals surface area contributed by atoms with Crippen LogP contribution >= 0.6 is 39.5 Å². The molecule has 2 aromatic rings. The van der Waals surface area contributed by atoms with Crippen LogP contribution < -0.4 is 10.2 Å². The summed E-state index contributed by atoms with van der Waals surface area (Å²) >= 11 is 9.92. The number of thiazole rings is 1. The van der Waals surface area contributed by atoms with E-state index >= 15 is 0 Å². The first-order valence-corrected chi connectivity index (χ1v) is 10.3. The molecule has 0 aliphatic carbocycles. The van der Waals surface area contributed by atoms with Gasteiger partial charge in [0.15, 0.2) is 10.2 Å². The summed E-state index contributed by atoms with van der Waals surface area (Å²) < 4.78 is 0.953. The molecular weight excluding hydrogens is 460 g/mol. The van der Waals surface area contributed by atoms with Crippen molar-refractivity contribution in [3.63, 3.8) is 0 Å². The fourth-order valence-corrected chi connectivity index (χ4v) is 4.01. The average Bonchev–Trinajstić information content (AvgIpc) is 3.07. The summed E-state index contributed by atoms with van der Waals surface area (Å²) in [6.45, 7) is 3.86. The molecule has 2 amide bonds. The van der Waals surface area contributed by atoms with Gasteiger partial charge in [0.1, 0.15) is 5.57 Å². The highest BCUT2D eigenvalue weighted by molar-refractivity contribution is 9.10. The fourth-order valence-electron chi connectivity index (χ4n) is 2.54. The number of benzene rings is 1. The van der Waals surface area contributed by atoms with Crippen molar-refractivity contribution in [2.75, 3.05) is 25.5 Å². The number of thiocarbonyl (C=S) groups is 1. The Kier molecular flexibility index (Phi) is 6.07. The molecule has 28 heavy (non-hydrogen) atoms. The Labute approximate surface area is 180 Å². The summed E-state index contributed by atoms with van der Waals surface area (Å²) in [5.74, 6) is -0.966. The van der Waals surface area contributed by atoms with Crippen molar-refractivity contribution in [2.45, 2.75) is 0 Å². The Morgan fingerprint density at radius 1 is 1.32 bits per heavy atom. The second-order valence-corrected chi connectivity index (χ2v) is 8.44. The van der Waals surface area contributed by atoms with Crippen molar-refractivity contribution in [1.29, 1.82) is 0 Å². The fraction of sp³-hybridized carbons (Fsp3) is 0.158. The van der Waals surface area contributed by atoms with E-state index in [0.29, 0.717) is 5.69 Å². The van der Waals surface area contributed by atoms with E-state index in [1.807, 2.05) is 43.3 Å². The smallest absolute Gasteiger partial charge is 0.265 e. The van der Waals surface area contributed by atoms with Gasteiger partial charge in [-0.05, 0) is 30.4 Å². The van der Waals surface area contributed by atoms with Crippen LogP contribution in [-0.4, -0.2) is 47.5 Å². The molecule has 0 saturated carbocycles. The molecule has 2 heterocycles. The molecule has 0 bridgehead atoms. The van der Waals surface area contributed by atoms with Gasteiger partial charge < -0.3 is 4.90 Å². The van der Waals surface area contributed by atoms with Crippen molar-refractivity contribution >= 4 is 67.6 Å². The molecule has 1 aliphatic heterocycles. The van der Waals surface area contributed by atoms with E-state index in [1.54, 1.807) is 12.2 Å². The lowest BCUT2D eigenvalue weighted by Gasteiger charge is -2.27. The Morgan fingerprint density at radius 2 is 2.00 bits per heavy atom. The third kappa shape index (κ3) is 4.06. The van der Waals surface area contributed by atoms with Gasteiger partial charge in [-0.15, -0.1) is 6.58 Å². The number of amides is 2. The highest BCUT2D eigenvalue weighted by Crippen LogP contribution is 2.35. The first-order valence-electron chi connectivity index (χ1n) is 8.25. The van der Waals surface area contributed by atoms with Gasteiger partial charge >= 0.3 is 0 Å². The van der Waals surface area contributed by atoms with Crippen LogP contribution in [0.2, 0.25) is 0 Å². The van der Waals surface area contributed by atoms with E-state index in [4.69, 9.17) is 12.2 Å². The Bertz CT molecular complexity index is 996. The van der Waals surface area contributed by atoms with E-state index in [9.17, 15) is 9.59 Å². The van der Waals surface area contributed by atoms with Crippen LogP contribution in [0.4, 0.5) is 5.13 Å². The average molecular weight is 477 g/mol. The van der Waals surface area contributed by atoms with E-state index in [-0.39, 0.29) is 17.2 Å². The van der Waals surface area contributed by atoms with Gasteiger partial charge in [-0.25, -0.2) is 4.98 Å². The van der Waals surface area contributed by atoms with Crippen molar-refractivity contribution < 1.29 is 9.59 Å². The summed E-state index contributed by atoms with van der Waals surface area (Å²) in [7, 11) is 3.79. The van der Waals surface area contributed by atoms with Crippen molar-refractivity contribution in [1.82, 2.24) is 15.2 Å². The number of nitrogens with one attached hydrogen (secondary N) is 1. The Hall–Kier alpha value is -2.36.